The van der Waals surface area contributed by atoms with Gasteiger partial charge < -0.3 is 14.5 Å². The van der Waals surface area contributed by atoms with Gasteiger partial charge in [0, 0.05) is 18.4 Å². The van der Waals surface area contributed by atoms with Crippen molar-refractivity contribution in [3.05, 3.63) is 30.2 Å². The number of ether oxygens (including phenoxy) is 1. The van der Waals surface area contributed by atoms with E-state index in [2.05, 4.69) is 10.3 Å². The number of amides is 1. The molecule has 22 heavy (non-hydrogen) atoms. The van der Waals surface area contributed by atoms with Crippen LogP contribution in [0.15, 0.2) is 24.5 Å². The Morgan fingerprint density at radius 2 is 2.14 bits per heavy atom. The third-order valence-corrected chi connectivity index (χ3v) is 4.15. The smallest absolute Gasteiger partial charge is 0.258 e. The lowest BCUT2D eigenvalue weighted by Gasteiger charge is -2.16. The van der Waals surface area contributed by atoms with Gasteiger partial charge in [0.2, 0.25) is 0 Å². The molecule has 0 spiro atoms. The molecule has 5 nitrogen and oxygen atoms in total. The Morgan fingerprint density at radius 1 is 1.36 bits per heavy atom. The van der Waals surface area contributed by atoms with Crippen LogP contribution in [0.4, 0.5) is 0 Å². The van der Waals surface area contributed by atoms with E-state index < -0.39 is 0 Å². The molecule has 5 heteroatoms. The van der Waals surface area contributed by atoms with Gasteiger partial charge >= 0.3 is 0 Å². The first kappa shape index (κ1) is 14.9. The zero-order valence-corrected chi connectivity index (χ0v) is 13.0. The van der Waals surface area contributed by atoms with Crippen molar-refractivity contribution in [3.8, 4) is 5.75 Å². The lowest BCUT2D eigenvalue weighted by molar-refractivity contribution is -0.123. The van der Waals surface area contributed by atoms with Crippen LogP contribution >= 0.6 is 0 Å². The second-order valence-corrected chi connectivity index (χ2v) is 6.03. The summed E-state index contributed by atoms with van der Waals surface area (Å²) < 4.78 is 7.58. The van der Waals surface area contributed by atoms with Gasteiger partial charge in [-0.25, -0.2) is 4.98 Å². The highest BCUT2D eigenvalue weighted by Crippen LogP contribution is 2.19. The highest BCUT2D eigenvalue weighted by atomic mass is 16.5. The number of aryl methyl sites for hydroxylation is 1. The topological polar surface area (TPSA) is 55.6 Å². The Kier molecular flexibility index (Phi) is 4.61. The minimum atomic E-state index is -0.0443. The van der Waals surface area contributed by atoms with Crippen molar-refractivity contribution in [1.82, 2.24) is 14.7 Å². The van der Waals surface area contributed by atoms with Crippen molar-refractivity contribution in [1.29, 1.82) is 0 Å². The Bertz CT molecular complexity index is 642. The monoisotopic (exact) mass is 301 g/mol. The van der Waals surface area contributed by atoms with Gasteiger partial charge in [-0.1, -0.05) is 25.7 Å². The van der Waals surface area contributed by atoms with Crippen LogP contribution in [0.2, 0.25) is 0 Å². The molecule has 0 unspecified atom stereocenters. The summed E-state index contributed by atoms with van der Waals surface area (Å²) in [7, 11) is 0. The molecule has 1 fully saturated rings. The van der Waals surface area contributed by atoms with Crippen LogP contribution in [0.25, 0.3) is 5.65 Å². The van der Waals surface area contributed by atoms with Crippen molar-refractivity contribution in [2.75, 3.05) is 6.61 Å². The first-order valence-electron chi connectivity index (χ1n) is 8.09. The summed E-state index contributed by atoms with van der Waals surface area (Å²) >= 11 is 0. The van der Waals surface area contributed by atoms with Gasteiger partial charge in [-0.05, 0) is 31.9 Å². The normalized spacial score (nSPS) is 16.4. The first-order valence-corrected chi connectivity index (χ1v) is 8.09. The number of aromatic nitrogens is 2. The summed E-state index contributed by atoms with van der Waals surface area (Å²) in [6.45, 7) is 1.98. The summed E-state index contributed by atoms with van der Waals surface area (Å²) in [4.78, 5) is 16.5. The van der Waals surface area contributed by atoms with Crippen LogP contribution in [0, 0.1) is 6.92 Å². The molecular weight excluding hydrogens is 278 g/mol. The lowest BCUT2D eigenvalue weighted by Crippen LogP contribution is -2.37. The van der Waals surface area contributed by atoms with Crippen LogP contribution in [-0.2, 0) is 4.79 Å². The summed E-state index contributed by atoms with van der Waals surface area (Å²) in [5.74, 6) is 0.601. The third kappa shape index (κ3) is 3.59. The summed E-state index contributed by atoms with van der Waals surface area (Å²) in [6, 6.07) is 4.05. The average Bonchev–Trinajstić information content (AvgIpc) is 2.70. The largest absolute Gasteiger partial charge is 0.480 e. The molecule has 2 aromatic rings. The van der Waals surface area contributed by atoms with E-state index in [1.54, 1.807) is 0 Å². The van der Waals surface area contributed by atoms with Crippen LogP contribution in [0.3, 0.4) is 0 Å². The fraction of sp³-hybridized carbons (Fsp3) is 0.529. The number of carbonyl (C=O) groups excluding carboxylic acids is 1. The molecule has 1 aliphatic carbocycles. The van der Waals surface area contributed by atoms with Gasteiger partial charge in [0.15, 0.2) is 18.0 Å². The summed E-state index contributed by atoms with van der Waals surface area (Å²) in [6.07, 6.45) is 11.0. The summed E-state index contributed by atoms with van der Waals surface area (Å²) in [5, 5.41) is 3.09. The maximum atomic E-state index is 12.1. The van der Waals surface area contributed by atoms with E-state index in [4.69, 9.17) is 4.74 Å². The molecule has 2 heterocycles. The quantitative estimate of drug-likeness (QED) is 0.884. The van der Waals surface area contributed by atoms with Crippen LogP contribution in [0.5, 0.6) is 5.75 Å². The molecular formula is C17H23N3O2. The Hall–Kier alpha value is -2.04. The van der Waals surface area contributed by atoms with E-state index in [0.717, 1.165) is 24.2 Å². The SMILES string of the molecule is Cc1cn2cccc(OCC(=O)NC3CCCCCC3)c2n1. The average molecular weight is 301 g/mol. The number of imidazole rings is 1. The summed E-state index contributed by atoms with van der Waals surface area (Å²) in [5.41, 5.74) is 1.68. The number of carbonyl (C=O) groups is 1. The zero-order chi connectivity index (χ0) is 15.4. The molecule has 1 amide bonds. The van der Waals surface area contributed by atoms with Crippen LogP contribution < -0.4 is 10.1 Å². The Balaban J connectivity index is 1.57. The van der Waals surface area contributed by atoms with Gasteiger partial charge in [-0.15, -0.1) is 0 Å². The van der Waals surface area contributed by atoms with E-state index in [1.165, 1.54) is 25.7 Å². The van der Waals surface area contributed by atoms with Gasteiger partial charge in [-0.2, -0.15) is 0 Å². The number of hydrogen-bond acceptors (Lipinski definition) is 3. The molecule has 0 saturated heterocycles. The van der Waals surface area contributed by atoms with E-state index in [-0.39, 0.29) is 12.5 Å². The van der Waals surface area contributed by atoms with Gasteiger partial charge in [0.05, 0.1) is 5.69 Å². The maximum Gasteiger partial charge on any atom is 0.258 e. The Morgan fingerprint density at radius 3 is 2.91 bits per heavy atom. The number of pyridine rings is 1. The molecule has 1 aliphatic rings. The molecule has 2 aromatic heterocycles. The van der Waals surface area contributed by atoms with Gasteiger partial charge in [0.25, 0.3) is 5.91 Å². The van der Waals surface area contributed by atoms with Gasteiger partial charge in [0.1, 0.15) is 0 Å². The van der Waals surface area contributed by atoms with Crippen molar-refractivity contribution in [2.24, 2.45) is 0 Å². The molecule has 3 rings (SSSR count). The fourth-order valence-electron chi connectivity index (χ4n) is 3.06. The minimum absolute atomic E-state index is 0.0437. The molecule has 0 aromatic carbocycles. The third-order valence-electron chi connectivity index (χ3n) is 4.15. The predicted molar refractivity (Wildman–Crippen MR) is 85.1 cm³/mol. The zero-order valence-electron chi connectivity index (χ0n) is 13.0. The molecule has 1 saturated carbocycles. The van der Waals surface area contributed by atoms with Gasteiger partial charge in [-0.3, -0.25) is 4.79 Å². The highest BCUT2D eigenvalue weighted by Gasteiger charge is 2.15. The molecule has 0 atom stereocenters. The number of fused-ring (bicyclic) bond motifs is 1. The minimum Gasteiger partial charge on any atom is -0.480 e. The van der Waals surface area contributed by atoms with Crippen molar-refractivity contribution in [2.45, 2.75) is 51.5 Å². The van der Waals surface area contributed by atoms with Crippen LogP contribution in [0.1, 0.15) is 44.2 Å². The van der Waals surface area contributed by atoms with E-state index in [9.17, 15) is 4.79 Å². The van der Waals surface area contributed by atoms with Crippen LogP contribution in [-0.4, -0.2) is 27.9 Å². The van der Waals surface area contributed by atoms with E-state index in [1.807, 2.05) is 35.9 Å². The van der Waals surface area contributed by atoms with E-state index >= 15 is 0 Å². The molecule has 1 N–H and O–H groups in total. The van der Waals surface area contributed by atoms with Crippen molar-refractivity contribution in [3.63, 3.8) is 0 Å². The number of nitrogens with zero attached hydrogens (tertiary/aromatic N) is 2. The van der Waals surface area contributed by atoms with Crippen molar-refractivity contribution >= 4 is 11.6 Å². The van der Waals surface area contributed by atoms with E-state index in [0.29, 0.717) is 11.8 Å². The second kappa shape index (κ2) is 6.81. The standard InChI is InChI=1S/C17H23N3O2/c1-13-11-20-10-6-9-15(17(20)18-13)22-12-16(21)19-14-7-4-2-3-5-8-14/h6,9-11,14H,2-5,7-8,12H2,1H3,(H,19,21). The number of nitrogens with one attached hydrogen (secondary N) is 1. The molecule has 0 radical (unpaired) electrons. The first-order chi connectivity index (χ1) is 10.7. The second-order valence-electron chi connectivity index (χ2n) is 6.03. The van der Waals surface area contributed by atoms with Crippen molar-refractivity contribution < 1.29 is 9.53 Å². The highest BCUT2D eigenvalue weighted by molar-refractivity contribution is 5.78. The fourth-order valence-corrected chi connectivity index (χ4v) is 3.06. The molecule has 0 aliphatic heterocycles. The predicted octanol–water partition coefficient (Wildman–Crippen LogP) is 2.86. The number of rotatable bonds is 4. The molecule has 0 bridgehead atoms. The maximum absolute atomic E-state index is 12.1. The Labute approximate surface area is 130 Å². The lowest BCUT2D eigenvalue weighted by atomic mass is 10.1. The molecule has 118 valence electrons. The number of hydrogen-bond donors (Lipinski definition) is 1.